The molecule has 0 spiro atoms. The Kier molecular flexibility index (Phi) is 5.58. The second kappa shape index (κ2) is 7.42. The molecule has 1 aliphatic heterocycles. The van der Waals surface area contributed by atoms with Crippen molar-refractivity contribution in [2.75, 3.05) is 27.2 Å². The van der Waals surface area contributed by atoms with Crippen molar-refractivity contribution < 1.29 is 0 Å². The molecule has 0 unspecified atom stereocenters. The van der Waals surface area contributed by atoms with E-state index < -0.39 is 0 Å². The Morgan fingerprint density at radius 2 is 2.25 bits per heavy atom. The predicted molar refractivity (Wildman–Crippen MR) is 82.4 cm³/mol. The van der Waals surface area contributed by atoms with E-state index in [9.17, 15) is 0 Å². The highest BCUT2D eigenvalue weighted by molar-refractivity contribution is 5.32. The molecule has 3 nitrogen and oxygen atoms in total. The Hall–Kier alpha value is -1.37. The number of hydrogen-bond acceptors (Lipinski definition) is 3. The molecule has 2 rings (SSSR count). The summed E-state index contributed by atoms with van der Waals surface area (Å²) >= 11 is 0. The van der Waals surface area contributed by atoms with Crippen molar-refractivity contribution in [3.05, 3.63) is 35.4 Å². The summed E-state index contributed by atoms with van der Waals surface area (Å²) < 4.78 is 0. The zero-order valence-electron chi connectivity index (χ0n) is 12.7. The van der Waals surface area contributed by atoms with Gasteiger partial charge in [0.15, 0.2) is 0 Å². The number of hydrogen-bond donors (Lipinski definition) is 0. The third-order valence-electron chi connectivity index (χ3n) is 4.27. The Balaban J connectivity index is 1.80. The van der Waals surface area contributed by atoms with Gasteiger partial charge >= 0.3 is 0 Å². The van der Waals surface area contributed by atoms with Crippen LogP contribution in [0.2, 0.25) is 0 Å². The molecule has 3 heteroatoms. The lowest BCUT2D eigenvalue weighted by Crippen LogP contribution is -2.38. The number of piperidine rings is 1. The van der Waals surface area contributed by atoms with Crippen LogP contribution in [0.25, 0.3) is 0 Å². The summed E-state index contributed by atoms with van der Waals surface area (Å²) in [4.78, 5) is 4.87. The van der Waals surface area contributed by atoms with Gasteiger partial charge in [-0.2, -0.15) is 5.26 Å². The molecule has 1 aliphatic rings. The van der Waals surface area contributed by atoms with E-state index in [4.69, 9.17) is 5.26 Å². The zero-order chi connectivity index (χ0) is 14.4. The fourth-order valence-electron chi connectivity index (χ4n) is 3.01. The van der Waals surface area contributed by atoms with Gasteiger partial charge in [0.25, 0.3) is 0 Å². The highest BCUT2D eigenvalue weighted by Crippen LogP contribution is 2.18. The molecule has 0 aliphatic carbocycles. The zero-order valence-corrected chi connectivity index (χ0v) is 12.7. The smallest absolute Gasteiger partial charge is 0.0991 e. The number of likely N-dealkylation sites (tertiary alicyclic amines) is 1. The quantitative estimate of drug-likeness (QED) is 0.825. The minimum Gasteiger partial charge on any atom is -0.303 e. The van der Waals surface area contributed by atoms with Gasteiger partial charge in [0.2, 0.25) is 0 Å². The number of benzene rings is 1. The molecular formula is C17H25N3. The molecule has 0 N–H and O–H groups in total. The molecule has 1 fully saturated rings. The van der Waals surface area contributed by atoms with Gasteiger partial charge in [0, 0.05) is 12.6 Å². The third-order valence-corrected chi connectivity index (χ3v) is 4.27. The van der Waals surface area contributed by atoms with Crippen LogP contribution in [-0.4, -0.2) is 43.0 Å². The Morgan fingerprint density at radius 3 is 3.00 bits per heavy atom. The number of nitrogens with zero attached hydrogens (tertiary/aromatic N) is 3. The second-order valence-corrected chi connectivity index (χ2v) is 5.97. The van der Waals surface area contributed by atoms with Gasteiger partial charge in [-0.15, -0.1) is 0 Å². The number of rotatable bonds is 5. The maximum absolute atomic E-state index is 8.93. The molecule has 0 amide bonds. The van der Waals surface area contributed by atoms with Gasteiger partial charge in [0.1, 0.15) is 0 Å². The second-order valence-electron chi connectivity index (χ2n) is 5.97. The molecule has 20 heavy (non-hydrogen) atoms. The Labute approximate surface area is 122 Å². The molecule has 1 saturated heterocycles. The Bertz CT molecular complexity index is 464. The van der Waals surface area contributed by atoms with Crippen molar-refractivity contribution in [3.63, 3.8) is 0 Å². The molecular weight excluding hydrogens is 246 g/mol. The van der Waals surface area contributed by atoms with Crippen molar-refractivity contribution in [1.82, 2.24) is 9.80 Å². The molecule has 0 bridgehead atoms. The van der Waals surface area contributed by atoms with E-state index in [1.54, 1.807) is 0 Å². The lowest BCUT2D eigenvalue weighted by Gasteiger charge is -2.33. The molecule has 108 valence electrons. The van der Waals surface area contributed by atoms with Gasteiger partial charge in [-0.1, -0.05) is 18.6 Å². The minimum atomic E-state index is 0.747. The predicted octanol–water partition coefficient (Wildman–Crippen LogP) is 2.86. The van der Waals surface area contributed by atoms with Crippen LogP contribution >= 0.6 is 0 Å². The van der Waals surface area contributed by atoms with Crippen molar-refractivity contribution in [1.29, 1.82) is 5.26 Å². The van der Waals surface area contributed by atoms with Crippen LogP contribution in [0.4, 0.5) is 0 Å². The molecule has 0 radical (unpaired) electrons. The van der Waals surface area contributed by atoms with E-state index in [2.05, 4.69) is 36.0 Å². The van der Waals surface area contributed by atoms with Crippen LogP contribution in [0.1, 0.15) is 36.8 Å². The van der Waals surface area contributed by atoms with E-state index in [0.29, 0.717) is 0 Å². The van der Waals surface area contributed by atoms with E-state index in [1.165, 1.54) is 37.8 Å². The van der Waals surface area contributed by atoms with Crippen LogP contribution in [0.5, 0.6) is 0 Å². The lowest BCUT2D eigenvalue weighted by molar-refractivity contribution is 0.159. The highest BCUT2D eigenvalue weighted by Gasteiger charge is 2.18. The van der Waals surface area contributed by atoms with Crippen LogP contribution in [-0.2, 0) is 6.54 Å². The largest absolute Gasteiger partial charge is 0.303 e. The highest BCUT2D eigenvalue weighted by atomic mass is 15.1. The summed E-state index contributed by atoms with van der Waals surface area (Å²) in [6, 6.07) is 10.9. The summed E-state index contributed by atoms with van der Waals surface area (Å²) in [5.41, 5.74) is 1.98. The van der Waals surface area contributed by atoms with Gasteiger partial charge < -0.3 is 9.80 Å². The summed E-state index contributed by atoms with van der Waals surface area (Å²) in [5, 5.41) is 8.93. The first kappa shape index (κ1) is 15.0. The van der Waals surface area contributed by atoms with Crippen LogP contribution in [0.15, 0.2) is 24.3 Å². The van der Waals surface area contributed by atoms with Crippen LogP contribution in [0.3, 0.4) is 0 Å². The molecule has 1 atom stereocenters. The summed E-state index contributed by atoms with van der Waals surface area (Å²) in [6.07, 6.45) is 5.31. The monoisotopic (exact) mass is 271 g/mol. The number of nitriles is 1. The molecule has 1 aromatic carbocycles. The third kappa shape index (κ3) is 4.33. The Morgan fingerprint density at radius 1 is 1.40 bits per heavy atom. The van der Waals surface area contributed by atoms with Crippen molar-refractivity contribution in [3.8, 4) is 6.07 Å². The van der Waals surface area contributed by atoms with Crippen molar-refractivity contribution >= 4 is 0 Å². The first-order valence-corrected chi connectivity index (χ1v) is 7.57. The van der Waals surface area contributed by atoms with E-state index in [1.807, 2.05) is 18.2 Å². The van der Waals surface area contributed by atoms with Gasteiger partial charge in [-0.05, 0) is 64.1 Å². The van der Waals surface area contributed by atoms with Gasteiger partial charge in [-0.25, -0.2) is 0 Å². The van der Waals surface area contributed by atoms with E-state index >= 15 is 0 Å². The first-order valence-electron chi connectivity index (χ1n) is 7.57. The molecule has 1 heterocycles. The average Bonchev–Trinajstić information content (AvgIpc) is 2.46. The van der Waals surface area contributed by atoms with E-state index in [-0.39, 0.29) is 0 Å². The van der Waals surface area contributed by atoms with Crippen LogP contribution < -0.4 is 0 Å². The molecule has 0 aromatic heterocycles. The fourth-order valence-corrected chi connectivity index (χ4v) is 3.01. The fraction of sp³-hybridized carbons (Fsp3) is 0.588. The molecule has 0 saturated carbocycles. The van der Waals surface area contributed by atoms with Crippen molar-refractivity contribution in [2.24, 2.45) is 0 Å². The summed E-state index contributed by atoms with van der Waals surface area (Å²) in [5.74, 6) is 0. The van der Waals surface area contributed by atoms with Crippen molar-refractivity contribution in [2.45, 2.75) is 38.3 Å². The summed E-state index contributed by atoms with van der Waals surface area (Å²) in [7, 11) is 4.42. The topological polar surface area (TPSA) is 30.3 Å². The maximum Gasteiger partial charge on any atom is 0.0991 e. The SMILES string of the molecule is CN(CC[C@H]1CCCCN1C)Cc1cccc(C#N)c1. The first-order chi connectivity index (χ1) is 9.69. The van der Waals surface area contributed by atoms with Crippen LogP contribution in [0, 0.1) is 11.3 Å². The average molecular weight is 271 g/mol. The normalized spacial score (nSPS) is 20.0. The maximum atomic E-state index is 8.93. The standard InChI is InChI=1S/C17H25N3/c1-19(11-9-17-8-3-4-10-20(17)2)14-16-7-5-6-15(12-16)13-18/h5-7,12,17H,3-4,8-11,14H2,1-2H3/t17-/m1/s1. The lowest BCUT2D eigenvalue weighted by atomic mass is 10.00. The summed E-state index contributed by atoms with van der Waals surface area (Å²) in [6.45, 7) is 3.29. The van der Waals surface area contributed by atoms with Gasteiger partial charge in [-0.3, -0.25) is 0 Å². The van der Waals surface area contributed by atoms with E-state index in [0.717, 1.165) is 24.7 Å². The van der Waals surface area contributed by atoms with Gasteiger partial charge in [0.05, 0.1) is 11.6 Å². The molecule has 1 aromatic rings. The minimum absolute atomic E-state index is 0.747.